The summed E-state index contributed by atoms with van der Waals surface area (Å²) in [5.41, 5.74) is 0. The Kier molecular flexibility index (Phi) is 6.74. The van der Waals surface area contributed by atoms with E-state index < -0.39 is 0 Å². The van der Waals surface area contributed by atoms with Crippen molar-refractivity contribution in [3.63, 3.8) is 0 Å². The molecule has 2 unspecified atom stereocenters. The lowest BCUT2D eigenvalue weighted by molar-refractivity contribution is 0.102. The van der Waals surface area contributed by atoms with Crippen molar-refractivity contribution in [3.8, 4) is 0 Å². The molecule has 80 valence electrons. The number of likely N-dealkylation sites (tertiary alicyclic amines) is 1. The van der Waals surface area contributed by atoms with Crippen molar-refractivity contribution in [2.45, 2.75) is 51.6 Å². The third-order valence-electron chi connectivity index (χ3n) is 2.93. The second-order valence-electron chi connectivity index (χ2n) is 3.97. The highest BCUT2D eigenvalue weighted by atomic mass is 35.5. The smallest absolute Gasteiger partial charge is 0.0584 e. The molecule has 0 radical (unpaired) electrons. The molecule has 2 atom stereocenters. The van der Waals surface area contributed by atoms with E-state index in [4.69, 9.17) is 5.11 Å². The van der Waals surface area contributed by atoms with Gasteiger partial charge in [-0.3, -0.25) is 4.90 Å². The molecule has 1 rings (SSSR count). The Bertz CT molecular complexity index is 132. The summed E-state index contributed by atoms with van der Waals surface area (Å²) in [6, 6.07) is 1.01. The van der Waals surface area contributed by atoms with Crippen LogP contribution >= 0.6 is 12.4 Å². The Labute approximate surface area is 87.7 Å². The second-order valence-corrected chi connectivity index (χ2v) is 3.97. The molecule has 3 heteroatoms. The van der Waals surface area contributed by atoms with Gasteiger partial charge in [-0.25, -0.2) is 0 Å². The fourth-order valence-electron chi connectivity index (χ4n) is 2.06. The summed E-state index contributed by atoms with van der Waals surface area (Å²) >= 11 is 0. The standard InChI is InChI=1S/C10H21NO.ClH/c1-9-6-4-3-5-7-11(9)10(2)8-12;/h9-10,12H,3-8H2,1-2H3;1H. The third-order valence-corrected chi connectivity index (χ3v) is 2.93. The maximum Gasteiger partial charge on any atom is 0.0584 e. The molecule has 1 aliphatic heterocycles. The van der Waals surface area contributed by atoms with Crippen LogP contribution in [-0.4, -0.2) is 35.2 Å². The van der Waals surface area contributed by atoms with Crippen LogP contribution in [0, 0.1) is 0 Å². The average Bonchev–Trinajstić information content (AvgIpc) is 2.28. The van der Waals surface area contributed by atoms with Crippen LogP contribution in [0.5, 0.6) is 0 Å². The van der Waals surface area contributed by atoms with E-state index in [0.717, 1.165) is 0 Å². The Morgan fingerprint density at radius 3 is 2.69 bits per heavy atom. The molecule has 0 aromatic carbocycles. The normalized spacial score (nSPS) is 27.5. The maximum absolute atomic E-state index is 9.05. The number of rotatable bonds is 2. The Morgan fingerprint density at radius 2 is 2.08 bits per heavy atom. The number of nitrogens with zero attached hydrogens (tertiary/aromatic N) is 1. The molecule has 1 aliphatic rings. The van der Waals surface area contributed by atoms with Gasteiger partial charge in [-0.2, -0.15) is 0 Å². The topological polar surface area (TPSA) is 23.5 Å². The van der Waals surface area contributed by atoms with Crippen molar-refractivity contribution in [1.29, 1.82) is 0 Å². The van der Waals surface area contributed by atoms with Crippen LogP contribution in [0.1, 0.15) is 39.5 Å². The first kappa shape index (κ1) is 13.2. The number of hydrogen-bond acceptors (Lipinski definition) is 2. The Balaban J connectivity index is 0.00000144. The van der Waals surface area contributed by atoms with E-state index in [1.54, 1.807) is 0 Å². The zero-order valence-corrected chi connectivity index (χ0v) is 9.52. The van der Waals surface area contributed by atoms with Crippen LogP contribution in [0.3, 0.4) is 0 Å². The summed E-state index contributed by atoms with van der Waals surface area (Å²) in [6.45, 7) is 5.85. The van der Waals surface area contributed by atoms with Gasteiger partial charge in [-0.1, -0.05) is 12.8 Å². The van der Waals surface area contributed by atoms with Gasteiger partial charge in [0.25, 0.3) is 0 Å². The summed E-state index contributed by atoms with van der Waals surface area (Å²) in [6.07, 6.45) is 5.31. The van der Waals surface area contributed by atoms with Crippen molar-refractivity contribution >= 4 is 12.4 Å². The summed E-state index contributed by atoms with van der Waals surface area (Å²) in [5, 5.41) is 9.05. The highest BCUT2D eigenvalue weighted by molar-refractivity contribution is 5.85. The molecule has 0 bridgehead atoms. The molecule has 1 N–H and O–H groups in total. The van der Waals surface area contributed by atoms with Crippen LogP contribution in [0.2, 0.25) is 0 Å². The Hall–Kier alpha value is 0.210. The van der Waals surface area contributed by atoms with Gasteiger partial charge in [-0.15, -0.1) is 12.4 Å². The lowest BCUT2D eigenvalue weighted by atomic mass is 10.1. The van der Waals surface area contributed by atoms with Crippen LogP contribution in [0.25, 0.3) is 0 Å². The summed E-state index contributed by atoms with van der Waals surface area (Å²) in [7, 11) is 0. The monoisotopic (exact) mass is 207 g/mol. The number of aliphatic hydroxyl groups excluding tert-OH is 1. The lowest BCUT2D eigenvalue weighted by Gasteiger charge is -2.31. The quantitative estimate of drug-likeness (QED) is 0.750. The van der Waals surface area contributed by atoms with Gasteiger partial charge in [0, 0.05) is 12.1 Å². The molecular formula is C10H22ClNO. The van der Waals surface area contributed by atoms with E-state index in [2.05, 4.69) is 18.7 Å². The van der Waals surface area contributed by atoms with Gasteiger partial charge in [0.15, 0.2) is 0 Å². The minimum absolute atomic E-state index is 0. The SMILES string of the molecule is CC(CO)N1CCCCCC1C.Cl. The van der Waals surface area contributed by atoms with Gasteiger partial charge in [0.1, 0.15) is 0 Å². The van der Waals surface area contributed by atoms with E-state index in [1.807, 2.05) is 0 Å². The van der Waals surface area contributed by atoms with Crippen molar-refractivity contribution in [1.82, 2.24) is 4.90 Å². The van der Waals surface area contributed by atoms with Crippen LogP contribution < -0.4 is 0 Å². The van der Waals surface area contributed by atoms with Gasteiger partial charge >= 0.3 is 0 Å². The van der Waals surface area contributed by atoms with Crippen molar-refractivity contribution in [3.05, 3.63) is 0 Å². The summed E-state index contributed by atoms with van der Waals surface area (Å²) in [4.78, 5) is 2.44. The number of aliphatic hydroxyl groups is 1. The number of hydrogen-bond donors (Lipinski definition) is 1. The van der Waals surface area contributed by atoms with Gasteiger partial charge in [0.05, 0.1) is 6.61 Å². The largest absolute Gasteiger partial charge is 0.395 e. The fraction of sp³-hybridized carbons (Fsp3) is 1.00. The van der Waals surface area contributed by atoms with Gasteiger partial charge in [0.2, 0.25) is 0 Å². The minimum Gasteiger partial charge on any atom is -0.395 e. The summed E-state index contributed by atoms with van der Waals surface area (Å²) < 4.78 is 0. The van der Waals surface area contributed by atoms with Crippen LogP contribution in [0.4, 0.5) is 0 Å². The molecule has 1 fully saturated rings. The van der Waals surface area contributed by atoms with E-state index >= 15 is 0 Å². The van der Waals surface area contributed by atoms with E-state index in [1.165, 1.54) is 32.2 Å². The molecule has 13 heavy (non-hydrogen) atoms. The van der Waals surface area contributed by atoms with Crippen LogP contribution in [0.15, 0.2) is 0 Å². The lowest BCUT2D eigenvalue weighted by Crippen LogP contribution is -2.41. The molecule has 1 saturated heterocycles. The highest BCUT2D eigenvalue weighted by Crippen LogP contribution is 2.18. The van der Waals surface area contributed by atoms with Gasteiger partial charge < -0.3 is 5.11 Å². The first-order valence-electron chi connectivity index (χ1n) is 5.12. The first-order valence-corrected chi connectivity index (χ1v) is 5.12. The zero-order valence-electron chi connectivity index (χ0n) is 8.70. The molecule has 0 spiro atoms. The Morgan fingerprint density at radius 1 is 1.38 bits per heavy atom. The van der Waals surface area contributed by atoms with E-state index in [9.17, 15) is 0 Å². The predicted molar refractivity (Wildman–Crippen MR) is 58.4 cm³/mol. The molecule has 0 aliphatic carbocycles. The second kappa shape index (κ2) is 6.63. The molecule has 0 aromatic rings. The molecule has 0 saturated carbocycles. The average molecular weight is 208 g/mol. The van der Waals surface area contributed by atoms with Crippen molar-refractivity contribution in [2.75, 3.05) is 13.2 Å². The number of halogens is 1. The van der Waals surface area contributed by atoms with Crippen molar-refractivity contribution in [2.24, 2.45) is 0 Å². The molecule has 1 heterocycles. The minimum atomic E-state index is 0. The van der Waals surface area contributed by atoms with Crippen LogP contribution in [-0.2, 0) is 0 Å². The van der Waals surface area contributed by atoms with Gasteiger partial charge in [-0.05, 0) is 33.2 Å². The maximum atomic E-state index is 9.05. The summed E-state index contributed by atoms with van der Waals surface area (Å²) in [5.74, 6) is 0. The predicted octanol–water partition coefficient (Wildman–Crippen LogP) is 2.05. The third kappa shape index (κ3) is 3.84. The molecular weight excluding hydrogens is 186 g/mol. The zero-order chi connectivity index (χ0) is 8.97. The van der Waals surface area contributed by atoms with Crippen molar-refractivity contribution < 1.29 is 5.11 Å². The fourth-order valence-corrected chi connectivity index (χ4v) is 2.06. The molecule has 0 amide bonds. The highest BCUT2D eigenvalue weighted by Gasteiger charge is 2.20. The van der Waals surface area contributed by atoms with E-state index in [0.29, 0.717) is 18.7 Å². The van der Waals surface area contributed by atoms with E-state index in [-0.39, 0.29) is 12.4 Å². The molecule has 2 nitrogen and oxygen atoms in total. The first-order chi connectivity index (χ1) is 5.75. The molecule has 0 aromatic heterocycles.